The summed E-state index contributed by atoms with van der Waals surface area (Å²) in [5.74, 6) is -0.772. The van der Waals surface area contributed by atoms with Gasteiger partial charge in [0, 0.05) is 43.0 Å². The molecule has 0 aliphatic carbocycles. The predicted molar refractivity (Wildman–Crippen MR) is 117 cm³/mol. The van der Waals surface area contributed by atoms with Gasteiger partial charge in [0.25, 0.3) is 5.91 Å². The van der Waals surface area contributed by atoms with Crippen molar-refractivity contribution in [3.8, 4) is 0 Å². The van der Waals surface area contributed by atoms with Gasteiger partial charge in [-0.05, 0) is 49.4 Å². The number of nitrogens with one attached hydrogen (secondary N) is 2. The molecule has 10 heteroatoms. The topological polar surface area (TPSA) is 132 Å². The lowest BCUT2D eigenvalue weighted by atomic mass is 10.1. The van der Waals surface area contributed by atoms with Gasteiger partial charge in [-0.15, -0.1) is 0 Å². The summed E-state index contributed by atoms with van der Waals surface area (Å²) in [7, 11) is 0. The van der Waals surface area contributed by atoms with Crippen molar-refractivity contribution in [2.45, 2.75) is 13.0 Å². The van der Waals surface area contributed by atoms with E-state index in [9.17, 15) is 19.5 Å². The third-order valence-electron chi connectivity index (χ3n) is 5.59. The first kappa shape index (κ1) is 21.4. The first-order valence-electron chi connectivity index (χ1n) is 10.3. The average molecular weight is 436 g/mol. The number of hydrogen-bond acceptors (Lipinski definition) is 7. The van der Waals surface area contributed by atoms with Crippen LogP contribution in [0.2, 0.25) is 0 Å². The standard InChI is InChI=1S/C22H24N6O4/c1-14(30)15-2-5-17(6-3-15)27-8-10-28(11-9-27)22(32)20(13-29)23-21(31)16-4-7-18-19(12-16)25-26-24-18/h2-7,12,20,29H,8-11,13H2,1H3,(H,23,31)(H,24,25,26). The Kier molecular flexibility index (Phi) is 6.13. The van der Waals surface area contributed by atoms with Gasteiger partial charge in [0.05, 0.1) is 6.61 Å². The highest BCUT2D eigenvalue weighted by Gasteiger charge is 2.28. The van der Waals surface area contributed by atoms with E-state index in [1.807, 2.05) is 12.1 Å². The van der Waals surface area contributed by atoms with Crippen molar-refractivity contribution in [3.05, 3.63) is 53.6 Å². The van der Waals surface area contributed by atoms with E-state index in [1.54, 1.807) is 35.2 Å². The van der Waals surface area contributed by atoms with Crippen LogP contribution < -0.4 is 10.2 Å². The number of Topliss-reactive ketones (excluding diaryl/α,β-unsaturated/α-hetero) is 1. The molecule has 166 valence electrons. The number of benzene rings is 2. The molecule has 3 N–H and O–H groups in total. The molecule has 0 radical (unpaired) electrons. The highest BCUT2D eigenvalue weighted by Crippen LogP contribution is 2.18. The predicted octanol–water partition coefficient (Wildman–Crippen LogP) is 0.600. The number of fused-ring (bicyclic) bond motifs is 1. The second-order valence-corrected chi connectivity index (χ2v) is 7.65. The monoisotopic (exact) mass is 436 g/mol. The molecule has 4 rings (SSSR count). The summed E-state index contributed by atoms with van der Waals surface area (Å²) in [6, 6.07) is 11.2. The van der Waals surface area contributed by atoms with Crippen LogP contribution in [0.25, 0.3) is 11.0 Å². The zero-order chi connectivity index (χ0) is 22.7. The molecular weight excluding hydrogens is 412 g/mol. The molecule has 10 nitrogen and oxygen atoms in total. The normalized spacial score (nSPS) is 14.9. The number of aromatic nitrogens is 3. The summed E-state index contributed by atoms with van der Waals surface area (Å²) in [5.41, 5.74) is 3.14. The van der Waals surface area contributed by atoms with Crippen molar-refractivity contribution < 1.29 is 19.5 Å². The molecule has 1 aliphatic heterocycles. The summed E-state index contributed by atoms with van der Waals surface area (Å²) in [6.07, 6.45) is 0. The van der Waals surface area contributed by atoms with Gasteiger partial charge in [0.15, 0.2) is 5.78 Å². The van der Waals surface area contributed by atoms with Crippen LogP contribution in [0.3, 0.4) is 0 Å². The van der Waals surface area contributed by atoms with E-state index in [2.05, 4.69) is 25.6 Å². The van der Waals surface area contributed by atoms with Crippen molar-refractivity contribution in [3.63, 3.8) is 0 Å². The van der Waals surface area contributed by atoms with E-state index in [-0.39, 0.29) is 11.7 Å². The minimum Gasteiger partial charge on any atom is -0.394 e. The number of amides is 2. The number of H-pyrrole nitrogens is 1. The molecule has 1 saturated heterocycles. The van der Waals surface area contributed by atoms with Crippen LogP contribution in [-0.2, 0) is 4.79 Å². The van der Waals surface area contributed by atoms with Crippen molar-refractivity contribution in [2.75, 3.05) is 37.7 Å². The number of ketones is 1. The summed E-state index contributed by atoms with van der Waals surface area (Å²) >= 11 is 0. The van der Waals surface area contributed by atoms with Gasteiger partial charge >= 0.3 is 0 Å². The number of piperazine rings is 1. The highest BCUT2D eigenvalue weighted by molar-refractivity contribution is 5.99. The first-order valence-corrected chi connectivity index (χ1v) is 10.3. The molecule has 0 spiro atoms. The van der Waals surface area contributed by atoms with Gasteiger partial charge < -0.3 is 20.2 Å². The van der Waals surface area contributed by atoms with Crippen molar-refractivity contribution in [1.29, 1.82) is 0 Å². The average Bonchev–Trinajstić information content (AvgIpc) is 3.30. The highest BCUT2D eigenvalue weighted by atomic mass is 16.3. The van der Waals surface area contributed by atoms with Crippen LogP contribution in [0, 0.1) is 0 Å². The first-order chi connectivity index (χ1) is 15.5. The van der Waals surface area contributed by atoms with E-state index < -0.39 is 18.6 Å². The molecule has 2 amide bonds. The molecule has 1 unspecified atom stereocenters. The maximum absolute atomic E-state index is 12.9. The molecule has 1 aromatic heterocycles. The zero-order valence-corrected chi connectivity index (χ0v) is 17.6. The van der Waals surface area contributed by atoms with Crippen LogP contribution in [0.1, 0.15) is 27.6 Å². The molecule has 0 saturated carbocycles. The number of rotatable bonds is 6. The fourth-order valence-corrected chi connectivity index (χ4v) is 3.72. The molecule has 32 heavy (non-hydrogen) atoms. The second kappa shape index (κ2) is 9.15. The fraction of sp³-hybridized carbons (Fsp3) is 0.318. The summed E-state index contributed by atoms with van der Waals surface area (Å²) in [6.45, 7) is 3.18. The molecule has 1 fully saturated rings. The number of carbonyl (C=O) groups excluding carboxylic acids is 3. The largest absolute Gasteiger partial charge is 0.394 e. The lowest BCUT2D eigenvalue weighted by molar-refractivity contribution is -0.134. The minimum absolute atomic E-state index is 0.0185. The number of carbonyl (C=O) groups is 3. The Balaban J connectivity index is 1.35. The summed E-state index contributed by atoms with van der Waals surface area (Å²) < 4.78 is 0. The fourth-order valence-electron chi connectivity index (χ4n) is 3.72. The number of nitrogens with zero attached hydrogens (tertiary/aromatic N) is 4. The molecule has 0 bridgehead atoms. The molecule has 2 aromatic carbocycles. The molecule has 2 heterocycles. The lowest BCUT2D eigenvalue weighted by Crippen LogP contribution is -2.56. The number of aromatic amines is 1. The Morgan fingerprint density at radius 3 is 2.31 bits per heavy atom. The van der Waals surface area contributed by atoms with Gasteiger partial charge in [0.2, 0.25) is 5.91 Å². The number of aliphatic hydroxyl groups is 1. The number of anilines is 1. The van der Waals surface area contributed by atoms with Crippen LogP contribution >= 0.6 is 0 Å². The molecule has 1 aliphatic rings. The van der Waals surface area contributed by atoms with Crippen LogP contribution in [0.5, 0.6) is 0 Å². The summed E-state index contributed by atoms with van der Waals surface area (Å²) in [5, 5.41) is 22.7. The van der Waals surface area contributed by atoms with Gasteiger partial charge in [-0.3, -0.25) is 14.4 Å². The number of hydrogen-bond donors (Lipinski definition) is 3. The van der Waals surface area contributed by atoms with Crippen molar-refractivity contribution >= 4 is 34.3 Å². The zero-order valence-electron chi connectivity index (χ0n) is 17.6. The smallest absolute Gasteiger partial charge is 0.252 e. The molecular formula is C22H24N6O4. The Morgan fingerprint density at radius 1 is 1.00 bits per heavy atom. The SMILES string of the molecule is CC(=O)c1ccc(N2CCN(C(=O)C(CO)NC(=O)c3ccc4n[nH]nc4c3)CC2)cc1. The van der Waals surface area contributed by atoms with Gasteiger partial charge in [0.1, 0.15) is 17.1 Å². The number of aliphatic hydroxyl groups excluding tert-OH is 1. The van der Waals surface area contributed by atoms with Gasteiger partial charge in [-0.1, -0.05) is 0 Å². The van der Waals surface area contributed by atoms with Crippen LogP contribution in [0.4, 0.5) is 5.69 Å². The van der Waals surface area contributed by atoms with Crippen molar-refractivity contribution in [2.24, 2.45) is 0 Å². The Morgan fingerprint density at radius 2 is 1.66 bits per heavy atom. The van der Waals surface area contributed by atoms with E-state index in [1.165, 1.54) is 6.92 Å². The quantitative estimate of drug-likeness (QED) is 0.482. The molecule has 3 aromatic rings. The third kappa shape index (κ3) is 4.45. The van der Waals surface area contributed by atoms with E-state index in [4.69, 9.17) is 0 Å². The van der Waals surface area contributed by atoms with E-state index in [0.717, 1.165) is 5.69 Å². The van der Waals surface area contributed by atoms with E-state index in [0.29, 0.717) is 48.3 Å². The summed E-state index contributed by atoms with van der Waals surface area (Å²) in [4.78, 5) is 40.7. The van der Waals surface area contributed by atoms with Crippen LogP contribution in [-0.4, -0.2) is 81.8 Å². The Labute approximate surface area is 184 Å². The van der Waals surface area contributed by atoms with Crippen molar-refractivity contribution in [1.82, 2.24) is 25.6 Å². The minimum atomic E-state index is -1.03. The lowest BCUT2D eigenvalue weighted by Gasteiger charge is -2.37. The second-order valence-electron chi connectivity index (χ2n) is 7.65. The van der Waals surface area contributed by atoms with Gasteiger partial charge in [-0.2, -0.15) is 15.4 Å². The molecule has 1 atom stereocenters. The maximum Gasteiger partial charge on any atom is 0.252 e. The third-order valence-corrected chi connectivity index (χ3v) is 5.59. The van der Waals surface area contributed by atoms with E-state index >= 15 is 0 Å². The van der Waals surface area contributed by atoms with Gasteiger partial charge in [-0.25, -0.2) is 0 Å². The maximum atomic E-state index is 12.9. The Hall–Kier alpha value is -3.79. The van der Waals surface area contributed by atoms with Crippen LogP contribution in [0.15, 0.2) is 42.5 Å². The Bertz CT molecular complexity index is 1130.